The molecule has 2 bridgehead atoms. The lowest BCUT2D eigenvalue weighted by Gasteiger charge is -2.32. The minimum atomic E-state index is -5.14. The van der Waals surface area contributed by atoms with Crippen LogP contribution in [0.2, 0.25) is 0 Å². The molecule has 5 N–H and O–H groups in total. The van der Waals surface area contributed by atoms with E-state index in [1.807, 2.05) is 6.92 Å². The van der Waals surface area contributed by atoms with Gasteiger partial charge in [0.25, 0.3) is 11.5 Å². The third-order valence-electron chi connectivity index (χ3n) is 10.0. The Labute approximate surface area is 315 Å². The molecule has 296 valence electrons. The molecule has 3 saturated heterocycles. The van der Waals surface area contributed by atoms with Gasteiger partial charge in [-0.25, -0.2) is 28.9 Å². The number of nitrogens with zero attached hydrogens (tertiary/aromatic N) is 7. The number of H-pyrrole nitrogens is 1. The molecule has 21 nitrogen and oxygen atoms in total. The van der Waals surface area contributed by atoms with Crippen LogP contribution in [0.4, 0.5) is 16.2 Å². The molecule has 7 heterocycles. The number of phosphoric ester groups is 1. The number of aromatic nitrogens is 8. The molecular formula is C33H36FN10O11P. The van der Waals surface area contributed by atoms with E-state index in [0.717, 1.165) is 10.9 Å². The average Bonchev–Trinajstić information content (AvgIpc) is 3.99. The minimum Gasteiger partial charge on any atom is -0.394 e. The van der Waals surface area contributed by atoms with Crippen LogP contribution in [0.3, 0.4) is 0 Å². The largest absolute Gasteiger partial charge is 0.472 e. The molecule has 1 unspecified atom stereocenters. The summed E-state index contributed by atoms with van der Waals surface area (Å²) in [7, 11) is -5.14. The van der Waals surface area contributed by atoms with Gasteiger partial charge >= 0.3 is 7.82 Å². The molecule has 0 aliphatic carbocycles. The first-order valence-electron chi connectivity index (χ1n) is 17.5. The van der Waals surface area contributed by atoms with Crippen molar-refractivity contribution in [1.29, 1.82) is 0 Å². The summed E-state index contributed by atoms with van der Waals surface area (Å²) < 4.78 is 61.0. The predicted octanol–water partition coefficient (Wildman–Crippen LogP) is 1.84. The molecule has 3 fully saturated rings. The van der Waals surface area contributed by atoms with Crippen LogP contribution in [0.25, 0.3) is 22.3 Å². The molecule has 0 saturated carbocycles. The highest BCUT2D eigenvalue weighted by Crippen LogP contribution is 2.55. The summed E-state index contributed by atoms with van der Waals surface area (Å²) in [5.41, 5.74) is -1.36. The Hall–Kier alpha value is -5.06. The molecule has 4 aromatic heterocycles. The topological polar surface area (TPSA) is 269 Å². The van der Waals surface area contributed by atoms with Gasteiger partial charge in [0.05, 0.1) is 32.5 Å². The van der Waals surface area contributed by atoms with Gasteiger partial charge in [-0.05, 0) is 12.1 Å². The summed E-state index contributed by atoms with van der Waals surface area (Å²) in [6.07, 6.45) is -4.70. The number of carbonyl (C=O) groups is 2. The first-order valence-corrected chi connectivity index (χ1v) is 19.0. The van der Waals surface area contributed by atoms with Gasteiger partial charge in [-0.3, -0.25) is 42.9 Å². The fraction of sp³-hybridized carbons (Fsp3) is 0.455. The number of rotatable bonds is 12. The van der Waals surface area contributed by atoms with Crippen molar-refractivity contribution in [2.45, 2.75) is 63.3 Å². The fourth-order valence-electron chi connectivity index (χ4n) is 6.90. The summed E-state index contributed by atoms with van der Waals surface area (Å²) in [5.74, 6) is -1.76. The number of hydrogen-bond donors (Lipinski definition) is 5. The second-order valence-corrected chi connectivity index (χ2v) is 15.3. The van der Waals surface area contributed by atoms with Crippen molar-refractivity contribution in [3.63, 3.8) is 0 Å². The number of halogens is 1. The second kappa shape index (κ2) is 14.5. The zero-order chi connectivity index (χ0) is 39.5. The Morgan fingerprint density at radius 2 is 1.82 bits per heavy atom. The van der Waals surface area contributed by atoms with E-state index in [0.29, 0.717) is 11.2 Å². The van der Waals surface area contributed by atoms with Gasteiger partial charge in [-0.2, -0.15) is 4.98 Å². The Morgan fingerprint density at radius 1 is 1.09 bits per heavy atom. The lowest BCUT2D eigenvalue weighted by Crippen LogP contribution is -2.42. The van der Waals surface area contributed by atoms with Gasteiger partial charge in [0.2, 0.25) is 11.9 Å². The maximum atomic E-state index is 15.8. The number of amides is 2. The molecule has 56 heavy (non-hydrogen) atoms. The molecule has 3 aliphatic rings. The third-order valence-corrected chi connectivity index (χ3v) is 11.0. The first kappa shape index (κ1) is 37.8. The van der Waals surface area contributed by atoms with Gasteiger partial charge in [0.15, 0.2) is 46.8 Å². The number of aliphatic hydroxyl groups excluding tert-OH is 1. The molecule has 3 aliphatic heterocycles. The van der Waals surface area contributed by atoms with Crippen molar-refractivity contribution in [3.8, 4) is 0 Å². The van der Waals surface area contributed by atoms with E-state index in [1.165, 1.54) is 12.7 Å². The number of ether oxygens (including phenoxy) is 3. The Morgan fingerprint density at radius 3 is 2.55 bits per heavy atom. The van der Waals surface area contributed by atoms with Crippen molar-refractivity contribution >= 4 is 53.7 Å². The van der Waals surface area contributed by atoms with Gasteiger partial charge < -0.3 is 29.5 Å². The third kappa shape index (κ3) is 6.66. The van der Waals surface area contributed by atoms with Gasteiger partial charge in [-0.15, -0.1) is 0 Å². The number of aromatic amines is 1. The molecule has 9 atom stereocenters. The number of phosphoric acid groups is 1. The van der Waals surface area contributed by atoms with E-state index in [4.69, 9.17) is 23.3 Å². The summed E-state index contributed by atoms with van der Waals surface area (Å²) in [6, 6.07) is 8.57. The SMILES string of the molecule is CC(C)C(=O)Nc1nc2c(ncn2[C@@H]2O[C@H](CO)[C@H](F)[C@H]2OP(=O)(O)OC[C@@]23CO[C@@H]([C@H](n4cnc5c(NC(=O)c6ccccc6)ncnc54)O2)[C@@H]3C)c(=O)[nH]1. The predicted molar refractivity (Wildman–Crippen MR) is 190 cm³/mol. The van der Waals surface area contributed by atoms with E-state index >= 15 is 4.39 Å². The number of benzene rings is 1. The fourth-order valence-corrected chi connectivity index (χ4v) is 7.87. The van der Waals surface area contributed by atoms with Crippen LogP contribution in [0.15, 0.2) is 54.1 Å². The zero-order valence-electron chi connectivity index (χ0n) is 29.9. The molecule has 2 amide bonds. The van der Waals surface area contributed by atoms with Crippen LogP contribution in [0.1, 0.15) is 43.6 Å². The number of nitrogens with one attached hydrogen (secondary N) is 3. The summed E-state index contributed by atoms with van der Waals surface area (Å²) in [4.78, 5) is 72.5. The van der Waals surface area contributed by atoms with Crippen molar-refractivity contribution in [1.82, 2.24) is 39.0 Å². The second-order valence-electron chi connectivity index (χ2n) is 13.9. The van der Waals surface area contributed by atoms with Gasteiger partial charge in [0.1, 0.15) is 30.2 Å². The molecule has 5 aromatic rings. The first-order chi connectivity index (χ1) is 26.8. The molecular weight excluding hydrogens is 762 g/mol. The summed E-state index contributed by atoms with van der Waals surface area (Å²) in [5, 5.41) is 15.1. The highest BCUT2D eigenvalue weighted by Gasteiger charge is 2.61. The van der Waals surface area contributed by atoms with E-state index in [2.05, 4.69) is 40.5 Å². The molecule has 8 rings (SSSR count). The lowest BCUT2D eigenvalue weighted by molar-refractivity contribution is -0.183. The highest BCUT2D eigenvalue weighted by molar-refractivity contribution is 7.47. The quantitative estimate of drug-likeness (QED) is 0.113. The monoisotopic (exact) mass is 798 g/mol. The van der Waals surface area contributed by atoms with Gasteiger partial charge in [-0.1, -0.05) is 39.0 Å². The Bertz CT molecular complexity index is 2410. The normalized spacial score (nSPS) is 28.3. The molecule has 23 heteroatoms. The Balaban J connectivity index is 0.995. The van der Waals surface area contributed by atoms with Crippen molar-refractivity contribution < 1.29 is 51.8 Å². The van der Waals surface area contributed by atoms with Crippen LogP contribution in [-0.4, -0.2) is 111 Å². The van der Waals surface area contributed by atoms with Crippen molar-refractivity contribution in [2.24, 2.45) is 11.8 Å². The molecule has 1 aromatic carbocycles. The number of imidazole rings is 2. The van der Waals surface area contributed by atoms with Crippen LogP contribution >= 0.6 is 7.82 Å². The average molecular weight is 799 g/mol. The number of anilines is 2. The highest BCUT2D eigenvalue weighted by atomic mass is 31.2. The number of hydrogen-bond acceptors (Lipinski definition) is 15. The number of carbonyl (C=O) groups excluding carboxylic acids is 2. The van der Waals surface area contributed by atoms with Crippen LogP contribution in [-0.2, 0) is 32.6 Å². The standard InChI is InChI=1S/C33H36FN10O11P/c1-15(2)27(46)41-32-40-26-21(29(48)42-32)38-14-44(26)30-23(19(34)18(9-45)53-30)55-56(49,50)52-11-33-10-51-22(16(33)3)31(54-33)43-13-37-20-24(35-12-36-25(20)43)39-28(47)17-7-5-4-6-8-17/h4-8,12-16,18-19,22-23,30-31,45H,9-11H2,1-3H3,(H,49,50)(H,35,36,39,47)(H2,40,41,42,46,48)/t16-,18+,19-,22+,23+,30+,31+,33+/m0/s1. The van der Waals surface area contributed by atoms with E-state index in [9.17, 15) is 28.9 Å². The van der Waals surface area contributed by atoms with Crippen molar-refractivity contribution in [2.75, 3.05) is 30.5 Å². The summed E-state index contributed by atoms with van der Waals surface area (Å²) in [6.45, 7) is 3.69. The molecule has 0 radical (unpaired) electrons. The lowest BCUT2D eigenvalue weighted by atomic mass is 9.91. The van der Waals surface area contributed by atoms with Crippen LogP contribution < -0.4 is 16.2 Å². The van der Waals surface area contributed by atoms with E-state index in [-0.39, 0.29) is 35.1 Å². The van der Waals surface area contributed by atoms with Crippen molar-refractivity contribution in [3.05, 3.63) is 65.2 Å². The molecule has 0 spiro atoms. The summed E-state index contributed by atoms with van der Waals surface area (Å²) >= 11 is 0. The van der Waals surface area contributed by atoms with Crippen LogP contribution in [0.5, 0.6) is 0 Å². The van der Waals surface area contributed by atoms with E-state index < -0.39 is 92.8 Å². The van der Waals surface area contributed by atoms with E-state index in [1.54, 1.807) is 48.7 Å². The smallest absolute Gasteiger partial charge is 0.394 e. The van der Waals surface area contributed by atoms with Crippen LogP contribution in [0, 0.1) is 11.8 Å². The maximum absolute atomic E-state index is 15.8. The number of fused-ring (bicyclic) bond motifs is 4. The van der Waals surface area contributed by atoms with Gasteiger partial charge in [0, 0.05) is 17.4 Å². The Kier molecular flexibility index (Phi) is 9.77. The number of aliphatic hydroxyl groups is 1. The maximum Gasteiger partial charge on any atom is 0.472 e. The zero-order valence-corrected chi connectivity index (χ0v) is 30.8. The number of alkyl halides is 1. The minimum absolute atomic E-state index is 0.0280.